The van der Waals surface area contributed by atoms with Gasteiger partial charge in [0.15, 0.2) is 0 Å². The van der Waals surface area contributed by atoms with Gasteiger partial charge in [-0.1, -0.05) is 12.1 Å². The van der Waals surface area contributed by atoms with Gasteiger partial charge in [-0.2, -0.15) is 0 Å². The van der Waals surface area contributed by atoms with Gasteiger partial charge in [0.25, 0.3) is 0 Å². The highest BCUT2D eigenvalue weighted by Gasteiger charge is 2.26. The maximum atomic E-state index is 12.3. The third-order valence-electron chi connectivity index (χ3n) is 5.00. The van der Waals surface area contributed by atoms with Crippen LogP contribution in [0, 0.1) is 5.92 Å². The molecule has 0 bridgehead atoms. The molecule has 24 heavy (non-hydrogen) atoms. The molecule has 3 rings (SSSR count). The van der Waals surface area contributed by atoms with Gasteiger partial charge in [0.05, 0.1) is 6.42 Å². The minimum atomic E-state index is -0.0252. The van der Waals surface area contributed by atoms with Crippen molar-refractivity contribution in [2.75, 3.05) is 25.0 Å². The third kappa shape index (κ3) is 3.27. The molecule has 0 unspecified atom stereocenters. The van der Waals surface area contributed by atoms with Gasteiger partial charge >= 0.3 is 0 Å². The van der Waals surface area contributed by atoms with Crippen molar-refractivity contribution in [3.8, 4) is 0 Å². The van der Waals surface area contributed by atoms with Crippen LogP contribution in [0.4, 0.5) is 5.69 Å². The van der Waals surface area contributed by atoms with E-state index in [0.29, 0.717) is 26.1 Å². The summed E-state index contributed by atoms with van der Waals surface area (Å²) in [5.74, 6) is 0.199. The van der Waals surface area contributed by atoms with Crippen LogP contribution in [0.2, 0.25) is 0 Å². The molecule has 3 amide bonds. The van der Waals surface area contributed by atoms with Crippen LogP contribution in [0.25, 0.3) is 0 Å². The highest BCUT2D eigenvalue weighted by atomic mass is 16.2. The number of anilines is 1. The molecular formula is C18H23N3O3. The van der Waals surface area contributed by atoms with Crippen molar-refractivity contribution >= 4 is 23.4 Å². The first-order valence-electron chi connectivity index (χ1n) is 8.37. The predicted octanol–water partition coefficient (Wildman–Crippen LogP) is 1.08. The molecule has 2 aliphatic rings. The SMILES string of the molecule is CC(=O)N1CCC(C(=O)NCc2ccc3c(c2)CC(=O)N3C)CC1. The molecule has 0 spiro atoms. The van der Waals surface area contributed by atoms with Crippen LogP contribution in [0.3, 0.4) is 0 Å². The number of piperidine rings is 1. The molecule has 1 aromatic rings. The first-order valence-corrected chi connectivity index (χ1v) is 8.37. The summed E-state index contributed by atoms with van der Waals surface area (Å²) in [6.45, 7) is 3.34. The van der Waals surface area contributed by atoms with Gasteiger partial charge in [0.2, 0.25) is 17.7 Å². The van der Waals surface area contributed by atoms with Gasteiger partial charge in [-0.05, 0) is 30.0 Å². The number of carbonyl (C=O) groups excluding carboxylic acids is 3. The van der Waals surface area contributed by atoms with Crippen LogP contribution < -0.4 is 10.2 Å². The van der Waals surface area contributed by atoms with E-state index in [0.717, 1.165) is 29.7 Å². The quantitative estimate of drug-likeness (QED) is 0.902. The Bertz CT molecular complexity index is 678. The number of hydrogen-bond acceptors (Lipinski definition) is 3. The number of nitrogens with one attached hydrogen (secondary N) is 1. The van der Waals surface area contributed by atoms with Gasteiger partial charge < -0.3 is 15.1 Å². The summed E-state index contributed by atoms with van der Waals surface area (Å²) in [5, 5.41) is 2.99. The van der Waals surface area contributed by atoms with Gasteiger partial charge in [-0.3, -0.25) is 14.4 Å². The molecule has 0 aromatic heterocycles. The molecule has 1 aromatic carbocycles. The number of hydrogen-bond donors (Lipinski definition) is 1. The molecule has 6 nitrogen and oxygen atoms in total. The molecule has 2 heterocycles. The number of likely N-dealkylation sites (tertiary alicyclic amines) is 1. The van der Waals surface area contributed by atoms with E-state index in [4.69, 9.17) is 0 Å². The fourth-order valence-corrected chi connectivity index (χ4v) is 3.42. The van der Waals surface area contributed by atoms with Crippen molar-refractivity contribution < 1.29 is 14.4 Å². The van der Waals surface area contributed by atoms with E-state index >= 15 is 0 Å². The Balaban J connectivity index is 1.53. The van der Waals surface area contributed by atoms with Gasteiger partial charge in [-0.15, -0.1) is 0 Å². The highest BCUT2D eigenvalue weighted by Crippen LogP contribution is 2.28. The molecule has 0 radical (unpaired) electrons. The molecule has 2 aliphatic heterocycles. The maximum absolute atomic E-state index is 12.3. The van der Waals surface area contributed by atoms with Crippen LogP contribution in [0.15, 0.2) is 18.2 Å². The minimum Gasteiger partial charge on any atom is -0.352 e. The normalized spacial score (nSPS) is 17.8. The van der Waals surface area contributed by atoms with Crippen molar-refractivity contribution in [2.24, 2.45) is 5.92 Å². The van der Waals surface area contributed by atoms with Crippen molar-refractivity contribution in [1.29, 1.82) is 0 Å². The van der Waals surface area contributed by atoms with Gasteiger partial charge in [0.1, 0.15) is 0 Å². The number of carbonyl (C=O) groups is 3. The second-order valence-corrected chi connectivity index (χ2v) is 6.59. The number of likely N-dealkylation sites (N-methyl/N-ethyl adjacent to an activating group) is 1. The topological polar surface area (TPSA) is 69.7 Å². The Hall–Kier alpha value is -2.37. The van der Waals surface area contributed by atoms with Crippen LogP contribution in [0.1, 0.15) is 30.9 Å². The lowest BCUT2D eigenvalue weighted by atomic mass is 9.95. The van der Waals surface area contributed by atoms with Crippen molar-refractivity contribution in [3.05, 3.63) is 29.3 Å². The zero-order valence-electron chi connectivity index (χ0n) is 14.2. The second-order valence-electron chi connectivity index (χ2n) is 6.59. The zero-order valence-corrected chi connectivity index (χ0v) is 14.2. The monoisotopic (exact) mass is 329 g/mol. The summed E-state index contributed by atoms with van der Waals surface area (Å²) in [6, 6.07) is 5.88. The molecular weight excluding hydrogens is 306 g/mol. The molecule has 0 saturated carbocycles. The highest BCUT2D eigenvalue weighted by molar-refractivity contribution is 6.00. The summed E-state index contributed by atoms with van der Waals surface area (Å²) in [5.41, 5.74) is 2.97. The van der Waals surface area contributed by atoms with E-state index < -0.39 is 0 Å². The number of fused-ring (bicyclic) bond motifs is 1. The number of amides is 3. The lowest BCUT2D eigenvalue weighted by Gasteiger charge is -2.30. The molecule has 128 valence electrons. The largest absolute Gasteiger partial charge is 0.352 e. The summed E-state index contributed by atoms with van der Waals surface area (Å²) >= 11 is 0. The Morgan fingerprint density at radius 2 is 1.96 bits per heavy atom. The van der Waals surface area contributed by atoms with Crippen molar-refractivity contribution in [1.82, 2.24) is 10.2 Å². The molecule has 0 atom stereocenters. The van der Waals surface area contributed by atoms with Crippen molar-refractivity contribution in [3.63, 3.8) is 0 Å². The smallest absolute Gasteiger partial charge is 0.231 e. The number of rotatable bonds is 3. The fraction of sp³-hybridized carbons (Fsp3) is 0.500. The van der Waals surface area contributed by atoms with E-state index in [1.54, 1.807) is 23.8 Å². The molecule has 0 aliphatic carbocycles. The Morgan fingerprint density at radius 3 is 2.62 bits per heavy atom. The summed E-state index contributed by atoms with van der Waals surface area (Å²) in [6.07, 6.45) is 1.86. The fourth-order valence-electron chi connectivity index (χ4n) is 3.42. The lowest BCUT2D eigenvalue weighted by molar-refractivity contribution is -0.134. The van der Waals surface area contributed by atoms with Crippen LogP contribution >= 0.6 is 0 Å². The first-order chi connectivity index (χ1) is 11.5. The first kappa shape index (κ1) is 16.5. The Labute approximate surface area is 141 Å². The Kier molecular flexibility index (Phi) is 4.55. The van der Waals surface area contributed by atoms with E-state index in [1.807, 2.05) is 18.2 Å². The third-order valence-corrected chi connectivity index (χ3v) is 5.00. The Morgan fingerprint density at radius 1 is 1.25 bits per heavy atom. The molecule has 6 heteroatoms. The van der Waals surface area contributed by atoms with E-state index in [2.05, 4.69) is 5.32 Å². The second kappa shape index (κ2) is 6.63. The van der Waals surface area contributed by atoms with Gasteiger partial charge in [-0.25, -0.2) is 0 Å². The standard InChI is InChI=1S/C18H23N3O3/c1-12(22)21-7-5-14(6-8-21)18(24)19-11-13-3-4-16-15(9-13)10-17(23)20(16)2/h3-4,9,14H,5-8,10-11H2,1-2H3,(H,19,24). The van der Waals surface area contributed by atoms with Crippen LogP contribution in [-0.2, 0) is 27.3 Å². The predicted molar refractivity (Wildman–Crippen MR) is 90.4 cm³/mol. The summed E-state index contributed by atoms with van der Waals surface area (Å²) < 4.78 is 0. The van der Waals surface area contributed by atoms with E-state index in [-0.39, 0.29) is 23.6 Å². The van der Waals surface area contributed by atoms with Gasteiger partial charge in [0, 0.05) is 45.2 Å². The molecule has 1 N–H and O–H groups in total. The van der Waals surface area contributed by atoms with E-state index in [1.165, 1.54) is 0 Å². The number of benzene rings is 1. The summed E-state index contributed by atoms with van der Waals surface area (Å²) in [7, 11) is 1.78. The van der Waals surface area contributed by atoms with Crippen LogP contribution in [0.5, 0.6) is 0 Å². The maximum Gasteiger partial charge on any atom is 0.231 e. The lowest BCUT2D eigenvalue weighted by Crippen LogP contribution is -2.42. The molecule has 1 fully saturated rings. The molecule has 1 saturated heterocycles. The van der Waals surface area contributed by atoms with E-state index in [9.17, 15) is 14.4 Å². The zero-order chi connectivity index (χ0) is 17.3. The average Bonchev–Trinajstić information content (AvgIpc) is 2.86. The average molecular weight is 329 g/mol. The summed E-state index contributed by atoms with van der Waals surface area (Å²) in [4.78, 5) is 38.8. The number of nitrogens with zero attached hydrogens (tertiary/aromatic N) is 2. The van der Waals surface area contributed by atoms with Crippen LogP contribution in [-0.4, -0.2) is 42.8 Å². The van der Waals surface area contributed by atoms with Crippen molar-refractivity contribution in [2.45, 2.75) is 32.7 Å². The minimum absolute atomic E-state index is 0.0252.